The van der Waals surface area contributed by atoms with Crippen LogP contribution in [0.25, 0.3) is 11.0 Å². The number of carbonyl (C=O) groups is 1. The number of aliphatic hydroxyl groups excluding tert-OH is 1. The molecule has 0 spiro atoms. The number of halogens is 2. The predicted molar refractivity (Wildman–Crippen MR) is 130 cm³/mol. The van der Waals surface area contributed by atoms with E-state index >= 15 is 8.78 Å². The van der Waals surface area contributed by atoms with E-state index in [-0.39, 0.29) is 6.42 Å². The zero-order valence-corrected chi connectivity index (χ0v) is 19.7. The number of aryl methyl sites for hydroxylation is 1. The summed E-state index contributed by atoms with van der Waals surface area (Å²) in [5.74, 6) is -4.65. The van der Waals surface area contributed by atoms with Crippen LogP contribution in [0.5, 0.6) is 0 Å². The summed E-state index contributed by atoms with van der Waals surface area (Å²) in [7, 11) is 0. The fourth-order valence-electron chi connectivity index (χ4n) is 4.36. The molecule has 1 heterocycles. The molecule has 1 atom stereocenters. The van der Waals surface area contributed by atoms with Gasteiger partial charge in [-0.2, -0.15) is 8.78 Å². The second-order valence-electron chi connectivity index (χ2n) is 8.71. The van der Waals surface area contributed by atoms with Gasteiger partial charge < -0.3 is 14.8 Å². The molecule has 4 aromatic rings. The average Bonchev–Trinajstić information content (AvgIpc) is 3.26. The molecule has 182 valence electrons. The first-order chi connectivity index (χ1) is 16.7. The summed E-state index contributed by atoms with van der Waals surface area (Å²) in [5.41, 5.74) is -0.0564. The fraction of sp³-hybridized carbons (Fsp3) is 0.286. The number of carbonyl (C=O) groups excluding carboxylic acids is 1. The van der Waals surface area contributed by atoms with Crippen molar-refractivity contribution in [3.63, 3.8) is 0 Å². The average molecular weight is 479 g/mol. The van der Waals surface area contributed by atoms with Crippen molar-refractivity contribution >= 4 is 16.8 Å². The zero-order chi connectivity index (χ0) is 25.2. The van der Waals surface area contributed by atoms with Gasteiger partial charge in [-0.3, -0.25) is 4.79 Å². The van der Waals surface area contributed by atoms with Crippen LogP contribution in [0, 0.1) is 0 Å². The Labute approximate surface area is 202 Å². The molecule has 0 aliphatic heterocycles. The van der Waals surface area contributed by atoms with Gasteiger partial charge in [0.05, 0.1) is 17.1 Å². The quantitative estimate of drug-likeness (QED) is 0.348. The molecule has 0 unspecified atom stereocenters. The molecule has 5 nitrogen and oxygen atoms in total. The third kappa shape index (κ3) is 4.49. The van der Waals surface area contributed by atoms with E-state index in [1.54, 1.807) is 28.8 Å². The molecule has 0 bridgehead atoms. The van der Waals surface area contributed by atoms with Gasteiger partial charge in [-0.25, -0.2) is 4.98 Å². The highest BCUT2D eigenvalue weighted by Gasteiger charge is 2.42. The van der Waals surface area contributed by atoms with Crippen LogP contribution in [-0.4, -0.2) is 31.7 Å². The second-order valence-corrected chi connectivity index (χ2v) is 8.71. The number of ketones is 1. The molecular weight excluding hydrogens is 450 g/mol. The van der Waals surface area contributed by atoms with Crippen molar-refractivity contribution in [1.29, 1.82) is 0 Å². The number of nitrogens with zero attached hydrogens (tertiary/aromatic N) is 2. The summed E-state index contributed by atoms with van der Waals surface area (Å²) in [5, 5.41) is 21.6. The Hall–Kier alpha value is -3.42. The second kappa shape index (κ2) is 9.68. The predicted octanol–water partition coefficient (Wildman–Crippen LogP) is 5.16. The van der Waals surface area contributed by atoms with E-state index in [0.29, 0.717) is 34.5 Å². The van der Waals surface area contributed by atoms with Crippen LogP contribution in [0.3, 0.4) is 0 Å². The Morgan fingerprint density at radius 1 is 0.971 bits per heavy atom. The van der Waals surface area contributed by atoms with Crippen molar-refractivity contribution in [3.05, 3.63) is 101 Å². The summed E-state index contributed by atoms with van der Waals surface area (Å²) in [6.45, 7) is 3.66. The SMILES string of the molecule is CCn1c(C(O)(c2ccccc2)c2ccccc2)nc2ccc(C(F)(F)C(=O)CC[C@@H](C)O)cc21. The molecule has 7 heteroatoms. The Bertz CT molecular complexity index is 1280. The van der Waals surface area contributed by atoms with Gasteiger partial charge in [0.2, 0.25) is 5.78 Å². The highest BCUT2D eigenvalue weighted by molar-refractivity contribution is 5.88. The van der Waals surface area contributed by atoms with E-state index in [9.17, 15) is 15.0 Å². The number of benzene rings is 3. The lowest BCUT2D eigenvalue weighted by Crippen LogP contribution is -2.32. The molecule has 0 saturated heterocycles. The molecule has 0 radical (unpaired) electrons. The summed E-state index contributed by atoms with van der Waals surface area (Å²) >= 11 is 0. The maximum absolute atomic E-state index is 15.0. The van der Waals surface area contributed by atoms with Gasteiger partial charge in [0, 0.05) is 18.5 Å². The van der Waals surface area contributed by atoms with Crippen molar-refractivity contribution in [3.8, 4) is 0 Å². The van der Waals surface area contributed by atoms with Crippen molar-refractivity contribution in [2.75, 3.05) is 0 Å². The number of alkyl halides is 2. The Kier molecular flexibility index (Phi) is 6.83. The number of hydrogen-bond donors (Lipinski definition) is 2. The first kappa shape index (κ1) is 24.7. The minimum Gasteiger partial charge on any atom is -0.393 e. The van der Waals surface area contributed by atoms with E-state index in [2.05, 4.69) is 4.98 Å². The molecule has 2 N–H and O–H groups in total. The van der Waals surface area contributed by atoms with Gasteiger partial charge in [-0.15, -0.1) is 0 Å². The van der Waals surface area contributed by atoms with Gasteiger partial charge in [0.1, 0.15) is 0 Å². The lowest BCUT2D eigenvalue weighted by atomic mass is 9.85. The number of rotatable bonds is 9. The number of Topliss-reactive ketones (excluding diaryl/α,β-unsaturated/α-hetero) is 1. The number of fused-ring (bicyclic) bond motifs is 1. The molecule has 1 aromatic heterocycles. The van der Waals surface area contributed by atoms with Crippen LogP contribution in [0.4, 0.5) is 8.78 Å². The molecular formula is C28H28F2N2O3. The Balaban J connectivity index is 1.88. The first-order valence-corrected chi connectivity index (χ1v) is 11.6. The van der Waals surface area contributed by atoms with Crippen LogP contribution in [0.15, 0.2) is 78.9 Å². The lowest BCUT2D eigenvalue weighted by Gasteiger charge is -2.29. The molecule has 0 aliphatic carbocycles. The summed E-state index contributed by atoms with van der Waals surface area (Å²) in [6.07, 6.45) is -1.30. The zero-order valence-electron chi connectivity index (χ0n) is 19.7. The monoisotopic (exact) mass is 478 g/mol. The number of hydrogen-bond acceptors (Lipinski definition) is 4. The van der Waals surface area contributed by atoms with Crippen LogP contribution in [-0.2, 0) is 22.9 Å². The van der Waals surface area contributed by atoms with Crippen LogP contribution in [0.1, 0.15) is 49.2 Å². The van der Waals surface area contributed by atoms with Crippen LogP contribution < -0.4 is 0 Å². The summed E-state index contributed by atoms with van der Waals surface area (Å²) in [4.78, 5) is 17.0. The standard InChI is InChI=1S/C28H28F2N2O3/c1-3-32-24-18-22(28(29,30)25(34)17-14-19(2)33)15-16-23(24)31-26(32)27(35,20-10-6-4-7-11-20)21-12-8-5-9-13-21/h4-13,15-16,18-19,33,35H,3,14,17H2,1-2H3/t19-/m1/s1. The van der Waals surface area contributed by atoms with E-state index in [4.69, 9.17) is 0 Å². The smallest absolute Gasteiger partial charge is 0.330 e. The van der Waals surface area contributed by atoms with Crippen LogP contribution >= 0.6 is 0 Å². The third-order valence-electron chi connectivity index (χ3n) is 6.27. The number of aromatic nitrogens is 2. The molecule has 0 aliphatic rings. The molecule has 0 amide bonds. The summed E-state index contributed by atoms with van der Waals surface area (Å²) < 4.78 is 31.8. The van der Waals surface area contributed by atoms with E-state index < -0.39 is 35.4 Å². The van der Waals surface area contributed by atoms with Gasteiger partial charge in [0.15, 0.2) is 11.4 Å². The fourth-order valence-corrected chi connectivity index (χ4v) is 4.36. The van der Waals surface area contributed by atoms with E-state index in [0.717, 1.165) is 0 Å². The maximum Gasteiger partial charge on any atom is 0.330 e. The van der Waals surface area contributed by atoms with Gasteiger partial charge in [-0.05, 0) is 43.5 Å². The van der Waals surface area contributed by atoms with Crippen molar-refractivity contribution in [1.82, 2.24) is 9.55 Å². The first-order valence-electron chi connectivity index (χ1n) is 11.6. The third-order valence-corrected chi connectivity index (χ3v) is 6.27. The topological polar surface area (TPSA) is 75.3 Å². The normalized spacial score (nSPS) is 13.2. The van der Waals surface area contributed by atoms with Crippen molar-refractivity contribution in [2.45, 2.75) is 50.9 Å². The lowest BCUT2D eigenvalue weighted by molar-refractivity contribution is -0.145. The van der Waals surface area contributed by atoms with Crippen molar-refractivity contribution < 1.29 is 23.8 Å². The van der Waals surface area contributed by atoms with Gasteiger partial charge >= 0.3 is 5.92 Å². The highest BCUT2D eigenvalue weighted by Crippen LogP contribution is 2.39. The Morgan fingerprint density at radius 3 is 2.06 bits per heavy atom. The van der Waals surface area contributed by atoms with E-state index in [1.807, 2.05) is 43.3 Å². The summed E-state index contributed by atoms with van der Waals surface area (Å²) in [6, 6.07) is 22.1. The number of imidazole rings is 1. The maximum atomic E-state index is 15.0. The minimum absolute atomic E-state index is 0.0328. The van der Waals surface area contributed by atoms with E-state index in [1.165, 1.54) is 25.1 Å². The molecule has 0 fully saturated rings. The molecule has 4 rings (SSSR count). The Morgan fingerprint density at radius 2 is 1.54 bits per heavy atom. The number of aliphatic hydroxyl groups is 2. The largest absolute Gasteiger partial charge is 0.393 e. The van der Waals surface area contributed by atoms with Crippen molar-refractivity contribution in [2.24, 2.45) is 0 Å². The molecule has 0 saturated carbocycles. The minimum atomic E-state index is -3.71. The van der Waals surface area contributed by atoms with Gasteiger partial charge in [-0.1, -0.05) is 66.7 Å². The highest BCUT2D eigenvalue weighted by atomic mass is 19.3. The van der Waals surface area contributed by atoms with Gasteiger partial charge in [0.25, 0.3) is 0 Å². The molecule has 3 aromatic carbocycles. The van der Waals surface area contributed by atoms with Crippen LogP contribution in [0.2, 0.25) is 0 Å². The molecule has 35 heavy (non-hydrogen) atoms.